The number of ether oxygens (including phenoxy) is 1. The summed E-state index contributed by atoms with van der Waals surface area (Å²) in [6.07, 6.45) is 3.93. The van der Waals surface area contributed by atoms with E-state index in [9.17, 15) is 9.90 Å². The van der Waals surface area contributed by atoms with Crippen molar-refractivity contribution in [3.8, 4) is 0 Å². The normalized spacial score (nSPS) is 29.2. The van der Waals surface area contributed by atoms with Crippen LogP contribution in [0.4, 0.5) is 0 Å². The highest BCUT2D eigenvalue weighted by Crippen LogP contribution is 2.24. The molecular weight excluding hydrogens is 324 g/mol. The third-order valence-corrected chi connectivity index (χ3v) is 6.06. The van der Waals surface area contributed by atoms with Gasteiger partial charge in [-0.1, -0.05) is 12.8 Å². The quantitative estimate of drug-likeness (QED) is 0.810. The van der Waals surface area contributed by atoms with Crippen molar-refractivity contribution in [3.63, 3.8) is 0 Å². The Balaban J connectivity index is 1.59. The van der Waals surface area contributed by atoms with Crippen molar-refractivity contribution in [1.29, 1.82) is 0 Å². The van der Waals surface area contributed by atoms with Gasteiger partial charge in [-0.3, -0.25) is 9.69 Å². The van der Waals surface area contributed by atoms with Crippen molar-refractivity contribution >= 4 is 17.2 Å². The van der Waals surface area contributed by atoms with Crippen LogP contribution in [0.15, 0.2) is 12.1 Å². The van der Waals surface area contributed by atoms with Crippen molar-refractivity contribution in [1.82, 2.24) is 10.2 Å². The van der Waals surface area contributed by atoms with Gasteiger partial charge in [0.25, 0.3) is 0 Å². The standard InChI is InChI=1S/C18H28N2O3S/c1-13-6-7-14(24-13)12-17(21)19-15-4-2-3-5-16(18(15)22)20-8-10-23-11-9-20/h6-7,15-16,18,22H,2-5,8-12H2,1H3,(H,19,21)/t15-,16-,18-/m1/s1. The van der Waals surface area contributed by atoms with E-state index in [4.69, 9.17) is 4.74 Å². The first-order chi connectivity index (χ1) is 11.6. The van der Waals surface area contributed by atoms with Gasteiger partial charge in [0.1, 0.15) is 0 Å². The maximum Gasteiger partial charge on any atom is 0.225 e. The Kier molecular flexibility index (Phi) is 6.27. The lowest BCUT2D eigenvalue weighted by Crippen LogP contribution is -2.55. The van der Waals surface area contributed by atoms with E-state index in [1.165, 1.54) is 4.88 Å². The van der Waals surface area contributed by atoms with Gasteiger partial charge >= 0.3 is 0 Å². The molecule has 1 saturated heterocycles. The van der Waals surface area contributed by atoms with Crippen LogP contribution in [0.3, 0.4) is 0 Å². The molecule has 1 aromatic rings. The summed E-state index contributed by atoms with van der Waals surface area (Å²) in [5.41, 5.74) is 0. The number of aliphatic hydroxyl groups is 1. The van der Waals surface area contributed by atoms with E-state index in [1.807, 2.05) is 19.1 Å². The second-order valence-electron chi connectivity index (χ2n) is 6.85. The number of rotatable bonds is 4. The minimum Gasteiger partial charge on any atom is -0.389 e. The number of carbonyl (C=O) groups is 1. The molecule has 2 fully saturated rings. The molecule has 6 heteroatoms. The van der Waals surface area contributed by atoms with Crippen LogP contribution in [-0.2, 0) is 16.0 Å². The SMILES string of the molecule is Cc1ccc(CC(=O)N[C@@H]2CCCC[C@@H](N3CCOCC3)[C@@H]2O)s1. The van der Waals surface area contributed by atoms with E-state index in [1.54, 1.807) is 11.3 Å². The van der Waals surface area contributed by atoms with Gasteiger partial charge in [-0.25, -0.2) is 0 Å². The third kappa shape index (κ3) is 4.57. The van der Waals surface area contributed by atoms with Crippen LogP contribution in [0, 0.1) is 6.92 Å². The predicted molar refractivity (Wildman–Crippen MR) is 95.3 cm³/mol. The molecular formula is C18H28N2O3S. The van der Waals surface area contributed by atoms with Crippen molar-refractivity contribution in [2.75, 3.05) is 26.3 Å². The number of hydrogen-bond acceptors (Lipinski definition) is 5. The summed E-state index contributed by atoms with van der Waals surface area (Å²) in [4.78, 5) is 17.0. The van der Waals surface area contributed by atoms with Gasteiger partial charge in [-0.2, -0.15) is 0 Å². The van der Waals surface area contributed by atoms with Crippen LogP contribution in [0.25, 0.3) is 0 Å². The fraction of sp³-hybridized carbons (Fsp3) is 0.722. The van der Waals surface area contributed by atoms with Gasteiger partial charge in [0, 0.05) is 28.9 Å². The van der Waals surface area contributed by atoms with Crippen LogP contribution < -0.4 is 5.32 Å². The van der Waals surface area contributed by atoms with Gasteiger partial charge in [0.15, 0.2) is 0 Å². The van der Waals surface area contributed by atoms with Crippen LogP contribution in [0.5, 0.6) is 0 Å². The summed E-state index contributed by atoms with van der Waals surface area (Å²) in [6.45, 7) is 5.26. The molecule has 1 saturated carbocycles. The van der Waals surface area contributed by atoms with E-state index < -0.39 is 6.10 Å². The molecule has 134 valence electrons. The second kappa shape index (κ2) is 8.43. The molecule has 24 heavy (non-hydrogen) atoms. The topological polar surface area (TPSA) is 61.8 Å². The van der Waals surface area contributed by atoms with Crippen LogP contribution in [-0.4, -0.2) is 60.4 Å². The van der Waals surface area contributed by atoms with Crippen molar-refractivity contribution < 1.29 is 14.6 Å². The van der Waals surface area contributed by atoms with Crippen LogP contribution in [0.2, 0.25) is 0 Å². The highest BCUT2D eigenvalue weighted by molar-refractivity contribution is 7.12. The van der Waals surface area contributed by atoms with E-state index in [0.29, 0.717) is 6.42 Å². The van der Waals surface area contributed by atoms with Crippen molar-refractivity contribution in [3.05, 3.63) is 21.9 Å². The maximum atomic E-state index is 12.4. The number of thiophene rings is 1. The average molecular weight is 353 g/mol. The summed E-state index contributed by atoms with van der Waals surface area (Å²) in [5.74, 6) is 0.0172. The number of morpholine rings is 1. The summed E-state index contributed by atoms with van der Waals surface area (Å²) < 4.78 is 5.42. The summed E-state index contributed by atoms with van der Waals surface area (Å²) in [7, 11) is 0. The first-order valence-corrected chi connectivity index (χ1v) is 9.79. The molecule has 3 atom stereocenters. The lowest BCUT2D eigenvalue weighted by atomic mass is 9.99. The predicted octanol–water partition coefficient (Wildman–Crippen LogP) is 1.72. The summed E-state index contributed by atoms with van der Waals surface area (Å²) in [6, 6.07) is 4.04. The molecule has 1 aliphatic heterocycles. The number of carbonyl (C=O) groups excluding carboxylic acids is 1. The van der Waals surface area contributed by atoms with Crippen LogP contribution in [0.1, 0.15) is 35.4 Å². The molecule has 1 amide bonds. The largest absolute Gasteiger partial charge is 0.389 e. The number of aryl methyl sites for hydroxylation is 1. The summed E-state index contributed by atoms with van der Waals surface area (Å²) in [5, 5.41) is 14.0. The number of aliphatic hydroxyl groups excluding tert-OH is 1. The number of nitrogens with one attached hydrogen (secondary N) is 1. The van der Waals surface area contributed by atoms with Crippen LogP contribution >= 0.6 is 11.3 Å². The van der Waals surface area contributed by atoms with E-state index in [2.05, 4.69) is 10.2 Å². The molecule has 0 spiro atoms. The third-order valence-electron chi connectivity index (χ3n) is 5.06. The Morgan fingerprint density at radius 3 is 2.79 bits per heavy atom. The van der Waals surface area contributed by atoms with Crippen molar-refractivity contribution in [2.24, 2.45) is 0 Å². The van der Waals surface area contributed by atoms with Gasteiger partial charge in [0.05, 0.1) is 31.8 Å². The minimum atomic E-state index is -0.500. The number of nitrogens with zero attached hydrogens (tertiary/aromatic N) is 1. The smallest absolute Gasteiger partial charge is 0.225 e. The lowest BCUT2D eigenvalue weighted by molar-refractivity contribution is -0.122. The van der Waals surface area contributed by atoms with Gasteiger partial charge in [0.2, 0.25) is 5.91 Å². The Hall–Kier alpha value is -0.950. The minimum absolute atomic E-state index is 0.0172. The molecule has 0 unspecified atom stereocenters. The number of amides is 1. The fourth-order valence-electron chi connectivity index (χ4n) is 3.79. The Morgan fingerprint density at radius 2 is 2.08 bits per heavy atom. The highest BCUT2D eigenvalue weighted by atomic mass is 32.1. The molecule has 1 aromatic heterocycles. The average Bonchev–Trinajstić information content (AvgIpc) is 2.89. The maximum absolute atomic E-state index is 12.4. The zero-order valence-corrected chi connectivity index (χ0v) is 15.2. The first kappa shape index (κ1) is 17.9. The number of hydrogen-bond donors (Lipinski definition) is 2. The Bertz CT molecular complexity index is 542. The molecule has 0 aromatic carbocycles. The highest BCUT2D eigenvalue weighted by Gasteiger charge is 2.35. The zero-order chi connectivity index (χ0) is 16.9. The van der Waals surface area contributed by atoms with Gasteiger partial charge in [-0.15, -0.1) is 11.3 Å². The van der Waals surface area contributed by atoms with E-state index in [-0.39, 0.29) is 18.0 Å². The van der Waals surface area contributed by atoms with Gasteiger partial charge in [-0.05, 0) is 31.9 Å². The van der Waals surface area contributed by atoms with E-state index >= 15 is 0 Å². The Labute approximate surface area is 148 Å². The monoisotopic (exact) mass is 352 g/mol. The first-order valence-electron chi connectivity index (χ1n) is 8.98. The van der Waals surface area contributed by atoms with E-state index in [0.717, 1.165) is 56.9 Å². The Morgan fingerprint density at radius 1 is 1.33 bits per heavy atom. The molecule has 2 heterocycles. The molecule has 2 N–H and O–H groups in total. The molecule has 0 bridgehead atoms. The van der Waals surface area contributed by atoms with Crippen molar-refractivity contribution in [2.45, 2.75) is 57.2 Å². The fourth-order valence-corrected chi connectivity index (χ4v) is 4.68. The zero-order valence-electron chi connectivity index (χ0n) is 14.4. The lowest BCUT2D eigenvalue weighted by Gasteiger charge is -2.38. The molecule has 3 rings (SSSR count). The van der Waals surface area contributed by atoms with Gasteiger partial charge < -0.3 is 15.2 Å². The molecule has 0 radical (unpaired) electrons. The molecule has 5 nitrogen and oxygen atoms in total. The second-order valence-corrected chi connectivity index (χ2v) is 8.23. The summed E-state index contributed by atoms with van der Waals surface area (Å²) >= 11 is 1.66. The molecule has 2 aliphatic rings. The molecule has 1 aliphatic carbocycles.